The molecule has 0 amide bonds. The van der Waals surface area contributed by atoms with Gasteiger partial charge in [0.25, 0.3) is 0 Å². The zero-order valence-electron chi connectivity index (χ0n) is 19.4. The minimum atomic E-state index is 0.0407. The molecule has 0 saturated carbocycles. The van der Waals surface area contributed by atoms with Crippen LogP contribution in [-0.4, -0.2) is 73.0 Å². The van der Waals surface area contributed by atoms with E-state index in [4.69, 9.17) is 0 Å². The van der Waals surface area contributed by atoms with Gasteiger partial charge in [-0.1, -0.05) is 83.1 Å². The fourth-order valence-corrected chi connectivity index (χ4v) is 4.93. The van der Waals surface area contributed by atoms with E-state index in [1.54, 1.807) is 0 Å². The molecule has 0 fully saturated rings. The highest BCUT2D eigenvalue weighted by Gasteiger charge is 2.36. The van der Waals surface area contributed by atoms with Crippen LogP contribution in [0.25, 0.3) is 0 Å². The number of nitrogens with zero attached hydrogens (tertiary/aromatic N) is 3. The van der Waals surface area contributed by atoms with Crippen LogP contribution in [0.1, 0.15) is 89.9 Å². The van der Waals surface area contributed by atoms with E-state index in [1.165, 1.54) is 106 Å². The standard InChI is InChI=1S/C22H51N3Si/c1-23(2)22(24(3)4,25(5)6)20-18-16-14-12-10-8-7-9-11-13-15-17-19-21-26/h7-21H2,1-6,26H3. The molecule has 0 heterocycles. The zero-order chi connectivity index (χ0) is 19.8. The SMILES string of the molecule is CN(C)C(CCCCCCCCCCCCCCC[SiH3])(N(C)C)N(C)C. The van der Waals surface area contributed by atoms with Crippen LogP contribution in [0.3, 0.4) is 0 Å². The van der Waals surface area contributed by atoms with Crippen molar-refractivity contribution in [3.63, 3.8) is 0 Å². The monoisotopic (exact) mass is 385 g/mol. The van der Waals surface area contributed by atoms with Gasteiger partial charge in [0, 0.05) is 10.2 Å². The molecule has 0 bridgehead atoms. The molecule has 158 valence electrons. The third kappa shape index (κ3) is 10.4. The summed E-state index contributed by atoms with van der Waals surface area (Å²) in [6.07, 6.45) is 20.0. The molecule has 0 spiro atoms. The molecule has 3 nitrogen and oxygen atoms in total. The van der Waals surface area contributed by atoms with Gasteiger partial charge in [0.05, 0.1) is 0 Å². The van der Waals surface area contributed by atoms with Gasteiger partial charge < -0.3 is 0 Å². The normalized spacial score (nSPS) is 12.8. The van der Waals surface area contributed by atoms with E-state index in [0.717, 1.165) is 0 Å². The lowest BCUT2D eigenvalue weighted by Crippen LogP contribution is -2.63. The van der Waals surface area contributed by atoms with Crippen molar-refractivity contribution in [2.45, 2.75) is 102 Å². The molecule has 0 unspecified atom stereocenters. The quantitative estimate of drug-likeness (QED) is 0.194. The first-order valence-corrected chi connectivity index (χ1v) is 12.8. The van der Waals surface area contributed by atoms with Crippen molar-refractivity contribution in [2.75, 3.05) is 42.3 Å². The highest BCUT2D eigenvalue weighted by molar-refractivity contribution is 6.08. The Morgan fingerprint density at radius 2 is 0.731 bits per heavy atom. The first-order valence-electron chi connectivity index (χ1n) is 11.4. The zero-order valence-corrected chi connectivity index (χ0v) is 21.4. The summed E-state index contributed by atoms with van der Waals surface area (Å²) in [6.45, 7) is 0. The first kappa shape index (κ1) is 26.1. The molecule has 4 heteroatoms. The largest absolute Gasteiger partial charge is 0.279 e. The Bertz CT molecular complexity index is 284. The Labute approximate surface area is 169 Å². The lowest BCUT2D eigenvalue weighted by atomic mass is 10.0. The molecular formula is C22H51N3Si. The molecule has 26 heavy (non-hydrogen) atoms. The van der Waals surface area contributed by atoms with Crippen molar-refractivity contribution in [1.29, 1.82) is 0 Å². The number of hydrogen-bond acceptors (Lipinski definition) is 3. The molecule has 0 saturated heterocycles. The summed E-state index contributed by atoms with van der Waals surface area (Å²) in [4.78, 5) is 7.07. The third-order valence-corrected chi connectivity index (χ3v) is 6.72. The van der Waals surface area contributed by atoms with Crippen LogP contribution < -0.4 is 0 Å². The summed E-state index contributed by atoms with van der Waals surface area (Å²) in [5, 5.41) is 0. The highest BCUT2D eigenvalue weighted by atomic mass is 28.1. The minimum Gasteiger partial charge on any atom is -0.279 e. The highest BCUT2D eigenvalue weighted by Crippen LogP contribution is 2.25. The minimum absolute atomic E-state index is 0.0407. The van der Waals surface area contributed by atoms with E-state index in [-0.39, 0.29) is 5.79 Å². The van der Waals surface area contributed by atoms with Crippen LogP contribution in [0.2, 0.25) is 6.04 Å². The van der Waals surface area contributed by atoms with Gasteiger partial charge in [-0.05, 0) is 55.1 Å². The summed E-state index contributed by atoms with van der Waals surface area (Å²) < 4.78 is 0. The van der Waals surface area contributed by atoms with Crippen LogP contribution >= 0.6 is 0 Å². The molecule has 0 atom stereocenters. The Kier molecular flexibility index (Phi) is 16.1. The van der Waals surface area contributed by atoms with Crippen molar-refractivity contribution in [1.82, 2.24) is 14.7 Å². The second-order valence-electron chi connectivity index (χ2n) is 8.80. The second-order valence-corrected chi connectivity index (χ2v) is 9.80. The lowest BCUT2D eigenvalue weighted by Gasteiger charge is -2.50. The number of rotatable bonds is 18. The van der Waals surface area contributed by atoms with Gasteiger partial charge in [0.1, 0.15) is 5.79 Å². The average Bonchev–Trinajstić information content (AvgIpc) is 2.57. The summed E-state index contributed by atoms with van der Waals surface area (Å²) in [6, 6.07) is 1.50. The summed E-state index contributed by atoms with van der Waals surface area (Å²) in [5.74, 6) is 0.0407. The van der Waals surface area contributed by atoms with Gasteiger partial charge in [-0.3, -0.25) is 14.7 Å². The van der Waals surface area contributed by atoms with Crippen LogP contribution in [0, 0.1) is 0 Å². The molecule has 0 aliphatic rings. The van der Waals surface area contributed by atoms with Gasteiger partial charge in [-0.2, -0.15) is 0 Å². The van der Waals surface area contributed by atoms with Crippen molar-refractivity contribution in [3.8, 4) is 0 Å². The molecule has 0 aromatic rings. The van der Waals surface area contributed by atoms with Crippen LogP contribution in [-0.2, 0) is 0 Å². The van der Waals surface area contributed by atoms with Gasteiger partial charge in [-0.15, -0.1) is 0 Å². The Hall–Kier alpha value is 0.0969. The van der Waals surface area contributed by atoms with Crippen molar-refractivity contribution in [2.24, 2.45) is 0 Å². The van der Waals surface area contributed by atoms with Gasteiger partial charge in [0.15, 0.2) is 0 Å². The molecule has 0 aromatic carbocycles. The van der Waals surface area contributed by atoms with E-state index in [9.17, 15) is 0 Å². The molecule has 0 aliphatic carbocycles. The third-order valence-electron chi connectivity index (χ3n) is 6.01. The first-order chi connectivity index (χ1) is 12.4. The van der Waals surface area contributed by atoms with Crippen molar-refractivity contribution >= 4 is 10.2 Å². The topological polar surface area (TPSA) is 9.72 Å². The molecule has 0 rings (SSSR count). The maximum Gasteiger partial charge on any atom is 0.129 e. The summed E-state index contributed by atoms with van der Waals surface area (Å²) >= 11 is 0. The fraction of sp³-hybridized carbons (Fsp3) is 1.00. The summed E-state index contributed by atoms with van der Waals surface area (Å²) in [5.41, 5.74) is 0. The van der Waals surface area contributed by atoms with Gasteiger partial charge in [0.2, 0.25) is 0 Å². The molecule has 0 N–H and O–H groups in total. The fourth-order valence-electron chi connectivity index (χ4n) is 4.43. The van der Waals surface area contributed by atoms with E-state index in [0.29, 0.717) is 0 Å². The Balaban J connectivity index is 3.63. The van der Waals surface area contributed by atoms with E-state index in [2.05, 4.69) is 57.0 Å². The van der Waals surface area contributed by atoms with Crippen LogP contribution in [0.15, 0.2) is 0 Å². The predicted octanol–water partition coefficient (Wildman–Crippen LogP) is 4.57. The van der Waals surface area contributed by atoms with E-state index in [1.807, 2.05) is 0 Å². The lowest BCUT2D eigenvalue weighted by molar-refractivity contribution is -0.115. The molecule has 0 radical (unpaired) electrons. The van der Waals surface area contributed by atoms with Gasteiger partial charge in [-0.25, -0.2) is 0 Å². The van der Waals surface area contributed by atoms with Crippen molar-refractivity contribution in [3.05, 3.63) is 0 Å². The van der Waals surface area contributed by atoms with Crippen molar-refractivity contribution < 1.29 is 0 Å². The average molecular weight is 386 g/mol. The van der Waals surface area contributed by atoms with E-state index >= 15 is 0 Å². The van der Waals surface area contributed by atoms with Gasteiger partial charge >= 0.3 is 0 Å². The smallest absolute Gasteiger partial charge is 0.129 e. The Morgan fingerprint density at radius 3 is 1.00 bits per heavy atom. The van der Waals surface area contributed by atoms with Crippen LogP contribution in [0.5, 0.6) is 0 Å². The molecular weight excluding hydrogens is 334 g/mol. The predicted molar refractivity (Wildman–Crippen MR) is 123 cm³/mol. The molecule has 0 aliphatic heterocycles. The molecule has 0 aromatic heterocycles. The summed E-state index contributed by atoms with van der Waals surface area (Å²) in [7, 11) is 14.6. The maximum absolute atomic E-state index is 2.36. The number of hydrogen-bond donors (Lipinski definition) is 0. The Morgan fingerprint density at radius 1 is 0.462 bits per heavy atom. The second kappa shape index (κ2) is 16.1. The number of unbranched alkanes of at least 4 members (excludes halogenated alkanes) is 12. The van der Waals surface area contributed by atoms with Crippen LogP contribution in [0.4, 0.5) is 0 Å². The maximum atomic E-state index is 2.36. The van der Waals surface area contributed by atoms with E-state index < -0.39 is 0 Å².